The lowest BCUT2D eigenvalue weighted by Crippen LogP contribution is -2.23. The molecule has 1 fully saturated rings. The van der Waals surface area contributed by atoms with Crippen LogP contribution in [-0.4, -0.2) is 43.5 Å². The zero-order valence-corrected chi connectivity index (χ0v) is 16.4. The number of hydrogen-bond acceptors (Lipinski definition) is 7. The Hall–Kier alpha value is -3.03. The second-order valence-electron chi connectivity index (χ2n) is 6.65. The van der Waals surface area contributed by atoms with E-state index >= 15 is 0 Å². The molecule has 150 valence electrons. The van der Waals surface area contributed by atoms with Gasteiger partial charge in [-0.2, -0.15) is 0 Å². The van der Waals surface area contributed by atoms with Gasteiger partial charge in [-0.25, -0.2) is 0 Å². The second kappa shape index (κ2) is 9.25. The Balaban J connectivity index is 1.69. The van der Waals surface area contributed by atoms with Gasteiger partial charge in [-0.1, -0.05) is 19.3 Å². The molecule has 1 saturated carbocycles. The number of anilines is 2. The van der Waals surface area contributed by atoms with E-state index in [2.05, 4.69) is 20.8 Å². The first-order valence-electron chi connectivity index (χ1n) is 9.36. The second-order valence-corrected chi connectivity index (χ2v) is 6.65. The van der Waals surface area contributed by atoms with Crippen molar-refractivity contribution in [3.05, 3.63) is 30.0 Å². The van der Waals surface area contributed by atoms with E-state index in [9.17, 15) is 4.79 Å². The van der Waals surface area contributed by atoms with E-state index in [1.807, 2.05) is 0 Å². The van der Waals surface area contributed by atoms with Crippen LogP contribution in [0.15, 0.2) is 24.3 Å². The minimum Gasteiger partial charge on any atom is -0.493 e. The molecule has 28 heavy (non-hydrogen) atoms. The van der Waals surface area contributed by atoms with E-state index in [0.717, 1.165) is 12.8 Å². The minimum atomic E-state index is -0.369. The first-order chi connectivity index (χ1) is 13.6. The SMILES string of the molecule is COc1cc(NC(=O)c2ccc(NC3CCCCC3)nn2)cc(OC)c1OC. The molecule has 0 radical (unpaired) electrons. The number of carbonyl (C=O) groups excluding carboxylic acids is 1. The molecule has 1 aromatic carbocycles. The van der Waals surface area contributed by atoms with Crippen molar-refractivity contribution in [1.82, 2.24) is 10.2 Å². The van der Waals surface area contributed by atoms with Crippen LogP contribution in [0.2, 0.25) is 0 Å². The van der Waals surface area contributed by atoms with Crippen LogP contribution >= 0.6 is 0 Å². The topological polar surface area (TPSA) is 94.6 Å². The molecular weight excluding hydrogens is 360 g/mol. The molecule has 0 bridgehead atoms. The number of ether oxygens (including phenoxy) is 3. The standard InChI is InChI=1S/C20H26N4O4/c1-26-16-11-14(12-17(27-2)19(16)28-3)22-20(25)15-9-10-18(24-23-15)21-13-7-5-4-6-8-13/h9-13H,4-8H2,1-3H3,(H,21,24)(H,22,25). The zero-order chi connectivity index (χ0) is 19.9. The van der Waals surface area contributed by atoms with Gasteiger partial charge < -0.3 is 24.8 Å². The third-order valence-corrected chi connectivity index (χ3v) is 4.78. The van der Waals surface area contributed by atoms with Crippen molar-refractivity contribution >= 4 is 17.4 Å². The summed E-state index contributed by atoms with van der Waals surface area (Å²) in [6.45, 7) is 0. The summed E-state index contributed by atoms with van der Waals surface area (Å²) in [6.07, 6.45) is 6.06. The van der Waals surface area contributed by atoms with Crippen molar-refractivity contribution in [1.29, 1.82) is 0 Å². The van der Waals surface area contributed by atoms with Gasteiger partial charge >= 0.3 is 0 Å². The van der Waals surface area contributed by atoms with E-state index in [4.69, 9.17) is 14.2 Å². The molecule has 3 rings (SSSR count). The first kappa shape index (κ1) is 19.7. The number of benzene rings is 1. The molecule has 0 unspecified atom stereocenters. The maximum Gasteiger partial charge on any atom is 0.276 e. The van der Waals surface area contributed by atoms with Gasteiger partial charge in [-0.05, 0) is 25.0 Å². The summed E-state index contributed by atoms with van der Waals surface area (Å²) in [7, 11) is 4.57. The highest BCUT2D eigenvalue weighted by Gasteiger charge is 2.17. The third kappa shape index (κ3) is 4.62. The fraction of sp³-hybridized carbons (Fsp3) is 0.450. The van der Waals surface area contributed by atoms with Crippen molar-refractivity contribution < 1.29 is 19.0 Å². The van der Waals surface area contributed by atoms with Crippen LogP contribution < -0.4 is 24.8 Å². The molecule has 1 aromatic heterocycles. The Kier molecular flexibility index (Phi) is 6.52. The van der Waals surface area contributed by atoms with Gasteiger partial charge in [0.25, 0.3) is 5.91 Å². The highest BCUT2D eigenvalue weighted by molar-refractivity contribution is 6.03. The van der Waals surface area contributed by atoms with Crippen LogP contribution in [0, 0.1) is 0 Å². The maximum atomic E-state index is 12.5. The number of nitrogens with zero attached hydrogens (tertiary/aromatic N) is 2. The number of methoxy groups -OCH3 is 3. The molecule has 8 nitrogen and oxygen atoms in total. The van der Waals surface area contributed by atoms with Crippen molar-refractivity contribution in [3.63, 3.8) is 0 Å². The Morgan fingerprint density at radius 3 is 2.18 bits per heavy atom. The summed E-state index contributed by atoms with van der Waals surface area (Å²) in [5, 5.41) is 14.4. The van der Waals surface area contributed by atoms with Crippen LogP contribution in [0.25, 0.3) is 0 Å². The summed E-state index contributed by atoms with van der Waals surface area (Å²) in [5.41, 5.74) is 0.730. The quantitative estimate of drug-likeness (QED) is 0.752. The van der Waals surface area contributed by atoms with Gasteiger partial charge in [0.05, 0.1) is 21.3 Å². The van der Waals surface area contributed by atoms with E-state index in [-0.39, 0.29) is 11.6 Å². The predicted molar refractivity (Wildman–Crippen MR) is 107 cm³/mol. The fourth-order valence-corrected chi connectivity index (χ4v) is 3.33. The molecule has 0 spiro atoms. The van der Waals surface area contributed by atoms with Crippen LogP contribution in [0.3, 0.4) is 0 Å². The van der Waals surface area contributed by atoms with Gasteiger partial charge in [0.15, 0.2) is 17.2 Å². The van der Waals surface area contributed by atoms with Crippen LogP contribution in [0.1, 0.15) is 42.6 Å². The van der Waals surface area contributed by atoms with Gasteiger partial charge in [0.1, 0.15) is 5.82 Å². The maximum absolute atomic E-state index is 12.5. The first-order valence-corrected chi connectivity index (χ1v) is 9.36. The Labute approximate surface area is 164 Å². The lowest BCUT2D eigenvalue weighted by Gasteiger charge is -2.22. The average molecular weight is 386 g/mol. The summed E-state index contributed by atoms with van der Waals surface area (Å²) >= 11 is 0. The molecule has 2 N–H and O–H groups in total. The molecule has 8 heteroatoms. The molecule has 0 atom stereocenters. The zero-order valence-electron chi connectivity index (χ0n) is 16.4. The normalized spacial score (nSPS) is 14.2. The lowest BCUT2D eigenvalue weighted by molar-refractivity contribution is 0.102. The van der Waals surface area contributed by atoms with E-state index < -0.39 is 0 Å². The summed E-state index contributed by atoms with van der Waals surface area (Å²) in [4.78, 5) is 12.5. The lowest BCUT2D eigenvalue weighted by atomic mass is 9.95. The molecule has 1 amide bonds. The highest BCUT2D eigenvalue weighted by Crippen LogP contribution is 2.40. The molecule has 1 aliphatic rings. The highest BCUT2D eigenvalue weighted by atomic mass is 16.5. The summed E-state index contributed by atoms with van der Waals surface area (Å²) in [5.74, 6) is 1.69. The average Bonchev–Trinajstić information content (AvgIpc) is 2.74. The van der Waals surface area contributed by atoms with E-state index in [1.54, 1.807) is 24.3 Å². The molecular formula is C20H26N4O4. The summed E-state index contributed by atoms with van der Waals surface area (Å²) in [6, 6.07) is 7.19. The minimum absolute atomic E-state index is 0.225. The van der Waals surface area contributed by atoms with E-state index in [0.29, 0.717) is 34.8 Å². The Morgan fingerprint density at radius 2 is 1.64 bits per heavy atom. The van der Waals surface area contributed by atoms with Crippen molar-refractivity contribution in [2.75, 3.05) is 32.0 Å². The number of nitrogens with one attached hydrogen (secondary N) is 2. The largest absolute Gasteiger partial charge is 0.493 e. The predicted octanol–water partition coefficient (Wildman–Crippen LogP) is 3.50. The Bertz CT molecular complexity index is 779. The number of rotatable bonds is 7. The fourth-order valence-electron chi connectivity index (χ4n) is 3.33. The van der Waals surface area contributed by atoms with Crippen molar-refractivity contribution in [2.24, 2.45) is 0 Å². The molecule has 1 heterocycles. The number of hydrogen-bond donors (Lipinski definition) is 2. The van der Waals surface area contributed by atoms with Gasteiger partial charge in [-0.3, -0.25) is 4.79 Å². The van der Waals surface area contributed by atoms with Crippen molar-refractivity contribution in [3.8, 4) is 17.2 Å². The number of amides is 1. The molecule has 1 aliphatic carbocycles. The molecule has 2 aromatic rings. The monoisotopic (exact) mass is 386 g/mol. The van der Waals surface area contributed by atoms with Crippen LogP contribution in [-0.2, 0) is 0 Å². The van der Waals surface area contributed by atoms with Gasteiger partial charge in [-0.15, -0.1) is 10.2 Å². The number of aromatic nitrogens is 2. The van der Waals surface area contributed by atoms with Gasteiger partial charge in [0.2, 0.25) is 5.75 Å². The molecule has 0 saturated heterocycles. The smallest absolute Gasteiger partial charge is 0.276 e. The van der Waals surface area contributed by atoms with Crippen LogP contribution in [0.5, 0.6) is 17.2 Å². The molecule has 0 aliphatic heterocycles. The van der Waals surface area contributed by atoms with E-state index in [1.165, 1.54) is 40.6 Å². The Morgan fingerprint density at radius 1 is 0.964 bits per heavy atom. The third-order valence-electron chi connectivity index (χ3n) is 4.78. The van der Waals surface area contributed by atoms with Crippen molar-refractivity contribution in [2.45, 2.75) is 38.1 Å². The van der Waals surface area contributed by atoms with Gasteiger partial charge in [0, 0.05) is 23.9 Å². The number of carbonyl (C=O) groups is 1. The summed E-state index contributed by atoms with van der Waals surface area (Å²) < 4.78 is 15.9. The van der Waals surface area contributed by atoms with Crippen LogP contribution in [0.4, 0.5) is 11.5 Å².